The molecule has 1 aliphatic carbocycles. The summed E-state index contributed by atoms with van der Waals surface area (Å²) < 4.78 is 23.8. The first-order chi connectivity index (χ1) is 6.05. The van der Waals surface area contributed by atoms with Crippen molar-refractivity contribution in [3.63, 3.8) is 0 Å². The van der Waals surface area contributed by atoms with Crippen LogP contribution in [0.15, 0.2) is 0 Å². The Labute approximate surface area is 79.3 Å². The van der Waals surface area contributed by atoms with Crippen molar-refractivity contribution in [3.05, 3.63) is 0 Å². The van der Waals surface area contributed by atoms with Crippen LogP contribution in [0.3, 0.4) is 0 Å². The van der Waals surface area contributed by atoms with Gasteiger partial charge in [0.15, 0.2) is 0 Å². The number of fused-ring (bicyclic) bond motifs is 4. The zero-order valence-electron chi connectivity index (χ0n) is 7.65. The van der Waals surface area contributed by atoms with E-state index in [1.807, 2.05) is 0 Å². The van der Waals surface area contributed by atoms with Crippen LogP contribution in [-0.2, 0) is 10.2 Å². The van der Waals surface area contributed by atoms with Gasteiger partial charge in [0.05, 0.1) is 0 Å². The van der Waals surface area contributed by atoms with Crippen LogP contribution in [0.2, 0.25) is 0 Å². The molecule has 13 heavy (non-hydrogen) atoms. The molecule has 76 valence electrons. The highest BCUT2D eigenvalue weighted by atomic mass is 32.2. The molecule has 0 spiro atoms. The highest BCUT2D eigenvalue weighted by Crippen LogP contribution is 2.34. The van der Waals surface area contributed by atoms with Gasteiger partial charge in [-0.15, -0.1) is 0 Å². The van der Waals surface area contributed by atoms with Crippen LogP contribution in [0.1, 0.15) is 25.7 Å². The van der Waals surface area contributed by atoms with E-state index in [1.54, 1.807) is 0 Å². The van der Waals surface area contributed by atoms with Gasteiger partial charge in [0.2, 0.25) is 0 Å². The molecule has 2 heterocycles. The second-order valence-corrected chi connectivity index (χ2v) is 5.80. The number of hydrogen-bond acceptors (Lipinski definition) is 2. The van der Waals surface area contributed by atoms with Crippen molar-refractivity contribution in [2.24, 2.45) is 17.0 Å². The van der Waals surface area contributed by atoms with E-state index in [4.69, 9.17) is 5.14 Å². The molecule has 0 aromatic heterocycles. The number of rotatable bonds is 1. The predicted molar refractivity (Wildman–Crippen MR) is 50.1 cm³/mol. The fraction of sp³-hybridized carbons (Fsp3) is 1.00. The molecule has 2 saturated heterocycles. The minimum absolute atomic E-state index is 0.553. The Morgan fingerprint density at radius 2 is 1.38 bits per heavy atom. The zero-order valence-corrected chi connectivity index (χ0v) is 8.46. The molecule has 1 saturated carbocycles. The van der Waals surface area contributed by atoms with Gasteiger partial charge in [-0.3, -0.25) is 0 Å². The molecule has 3 fully saturated rings. The van der Waals surface area contributed by atoms with Gasteiger partial charge in [0.25, 0.3) is 10.2 Å². The summed E-state index contributed by atoms with van der Waals surface area (Å²) >= 11 is 0. The van der Waals surface area contributed by atoms with Crippen molar-refractivity contribution in [1.82, 2.24) is 4.31 Å². The summed E-state index contributed by atoms with van der Waals surface area (Å²) in [6, 6.07) is 0. The smallest absolute Gasteiger partial charge is 0.216 e. The van der Waals surface area contributed by atoms with Crippen LogP contribution in [0, 0.1) is 11.8 Å². The molecule has 5 heteroatoms. The summed E-state index contributed by atoms with van der Waals surface area (Å²) in [5.41, 5.74) is 0. The maximum absolute atomic E-state index is 11.2. The molecule has 2 bridgehead atoms. The molecule has 0 aromatic carbocycles. The van der Waals surface area contributed by atoms with Crippen LogP contribution >= 0.6 is 0 Å². The Balaban J connectivity index is 2.16. The largest absolute Gasteiger partial charge is 0.276 e. The van der Waals surface area contributed by atoms with Gasteiger partial charge < -0.3 is 0 Å². The molecular weight excluding hydrogens is 188 g/mol. The second kappa shape index (κ2) is 3.22. The fourth-order valence-corrected chi connectivity index (χ4v) is 3.29. The van der Waals surface area contributed by atoms with Gasteiger partial charge in [0, 0.05) is 13.1 Å². The molecule has 3 rings (SSSR count). The first kappa shape index (κ1) is 9.43. The van der Waals surface area contributed by atoms with Crippen molar-refractivity contribution in [1.29, 1.82) is 0 Å². The Kier molecular flexibility index (Phi) is 2.33. The number of nitrogens with zero attached hydrogens (tertiary/aromatic N) is 1. The molecule has 0 amide bonds. The highest BCUT2D eigenvalue weighted by Gasteiger charge is 2.33. The van der Waals surface area contributed by atoms with Gasteiger partial charge in [-0.05, 0) is 37.5 Å². The van der Waals surface area contributed by atoms with Crippen LogP contribution in [0.25, 0.3) is 0 Å². The minimum Gasteiger partial charge on any atom is -0.216 e. The third-order valence-corrected chi connectivity index (χ3v) is 4.27. The summed E-state index contributed by atoms with van der Waals surface area (Å²) in [7, 11) is -3.44. The first-order valence-corrected chi connectivity index (χ1v) is 6.34. The van der Waals surface area contributed by atoms with Crippen LogP contribution in [0.4, 0.5) is 0 Å². The quantitative estimate of drug-likeness (QED) is 0.668. The lowest BCUT2D eigenvalue weighted by atomic mass is 9.84. The highest BCUT2D eigenvalue weighted by molar-refractivity contribution is 7.86. The van der Waals surface area contributed by atoms with E-state index in [0.29, 0.717) is 24.9 Å². The summed E-state index contributed by atoms with van der Waals surface area (Å²) in [6.45, 7) is 1.30. The third kappa shape index (κ3) is 2.03. The monoisotopic (exact) mass is 204 g/mol. The van der Waals surface area contributed by atoms with E-state index in [1.165, 1.54) is 30.0 Å². The Morgan fingerprint density at radius 1 is 1.00 bits per heavy atom. The summed E-state index contributed by atoms with van der Waals surface area (Å²) in [5.74, 6) is 1.11. The number of nitrogens with two attached hydrogens (primary N) is 1. The van der Waals surface area contributed by atoms with Crippen LogP contribution in [-0.4, -0.2) is 25.8 Å². The predicted octanol–water partition coefficient (Wildman–Crippen LogP) is 0.312. The average molecular weight is 204 g/mol. The molecule has 0 radical (unpaired) electrons. The standard InChI is InChI=1S/C8H16N2O2S/c9-13(11,12)10-5-7-1-2-8(6-10)4-3-7/h7-8H,1-6H2,(H2,9,11,12). The lowest BCUT2D eigenvalue weighted by Gasteiger charge is -2.20. The van der Waals surface area contributed by atoms with E-state index in [2.05, 4.69) is 0 Å². The van der Waals surface area contributed by atoms with E-state index in [-0.39, 0.29) is 0 Å². The molecular formula is C8H16N2O2S. The molecule has 0 aromatic rings. The van der Waals surface area contributed by atoms with E-state index >= 15 is 0 Å². The molecule has 3 aliphatic rings. The summed E-state index contributed by atoms with van der Waals surface area (Å²) in [5, 5.41) is 5.13. The van der Waals surface area contributed by atoms with Gasteiger partial charge in [-0.1, -0.05) is 0 Å². The molecule has 2 N–H and O–H groups in total. The van der Waals surface area contributed by atoms with Gasteiger partial charge >= 0.3 is 0 Å². The first-order valence-electron chi connectivity index (χ1n) is 4.83. The Morgan fingerprint density at radius 3 is 1.69 bits per heavy atom. The van der Waals surface area contributed by atoms with Crippen molar-refractivity contribution < 1.29 is 8.42 Å². The summed E-state index contributed by atoms with van der Waals surface area (Å²) in [6.07, 6.45) is 4.71. The lowest BCUT2D eigenvalue weighted by molar-refractivity contribution is 0.326. The Hall–Kier alpha value is -0.130. The molecule has 2 aliphatic heterocycles. The average Bonchev–Trinajstić information content (AvgIpc) is 2.34. The van der Waals surface area contributed by atoms with Crippen molar-refractivity contribution in [3.8, 4) is 0 Å². The summed E-state index contributed by atoms with van der Waals surface area (Å²) in [4.78, 5) is 0. The fourth-order valence-electron chi connectivity index (χ4n) is 2.45. The Bertz CT molecular complexity index is 267. The maximum atomic E-state index is 11.2. The van der Waals surface area contributed by atoms with Gasteiger partial charge in [-0.25, -0.2) is 5.14 Å². The molecule has 0 unspecified atom stereocenters. The zero-order chi connectivity index (χ0) is 9.47. The lowest BCUT2D eigenvalue weighted by Crippen LogP contribution is -2.39. The van der Waals surface area contributed by atoms with E-state index in [9.17, 15) is 8.42 Å². The van der Waals surface area contributed by atoms with Crippen molar-refractivity contribution >= 4 is 10.2 Å². The molecule has 0 atom stereocenters. The van der Waals surface area contributed by atoms with Crippen molar-refractivity contribution in [2.75, 3.05) is 13.1 Å². The van der Waals surface area contributed by atoms with Gasteiger partial charge in [-0.2, -0.15) is 12.7 Å². The topological polar surface area (TPSA) is 63.4 Å². The van der Waals surface area contributed by atoms with Crippen molar-refractivity contribution in [2.45, 2.75) is 25.7 Å². The minimum atomic E-state index is -3.44. The van der Waals surface area contributed by atoms with Crippen LogP contribution < -0.4 is 5.14 Å². The van der Waals surface area contributed by atoms with Crippen LogP contribution in [0.5, 0.6) is 0 Å². The van der Waals surface area contributed by atoms with E-state index < -0.39 is 10.2 Å². The molecule has 4 nitrogen and oxygen atoms in total. The van der Waals surface area contributed by atoms with E-state index in [0.717, 1.165) is 0 Å². The van der Waals surface area contributed by atoms with Gasteiger partial charge in [0.1, 0.15) is 0 Å². The second-order valence-electron chi connectivity index (χ2n) is 4.25. The number of hydrogen-bond donors (Lipinski definition) is 1. The SMILES string of the molecule is NS(=O)(=O)N1CC2CCC(CC2)C1. The third-order valence-electron chi connectivity index (χ3n) is 3.25. The normalized spacial score (nSPS) is 36.1. The maximum Gasteiger partial charge on any atom is 0.276 e.